The predicted molar refractivity (Wildman–Crippen MR) is 142 cm³/mol. The lowest BCUT2D eigenvalue weighted by atomic mass is 9.99. The molecule has 0 amide bonds. The van der Waals surface area contributed by atoms with Crippen LogP contribution in [0, 0.1) is 24.6 Å². The monoisotopic (exact) mass is 473 g/mol. The molecule has 2 atom stereocenters. The second kappa shape index (κ2) is 15.4. The fourth-order valence-corrected chi connectivity index (χ4v) is 3.92. The number of hydrogen-bond donors (Lipinski definition) is 2. The molecule has 0 saturated heterocycles. The minimum Gasteiger partial charge on any atom is -0.381 e. The van der Waals surface area contributed by atoms with E-state index in [1.165, 1.54) is 31.7 Å². The highest BCUT2D eigenvalue weighted by molar-refractivity contribution is 7.82. The van der Waals surface area contributed by atoms with E-state index in [4.69, 9.17) is 18.0 Å². The van der Waals surface area contributed by atoms with Crippen LogP contribution in [0.15, 0.2) is 58.4 Å². The van der Waals surface area contributed by atoms with Gasteiger partial charge in [-0.3, -0.25) is 0 Å². The topological polar surface area (TPSA) is 75.1 Å². The molecule has 0 aliphatic heterocycles. The third-order valence-corrected chi connectivity index (χ3v) is 6.21. The molecule has 0 aromatic heterocycles. The van der Waals surface area contributed by atoms with Crippen LogP contribution in [0.4, 0.5) is 4.39 Å². The van der Waals surface area contributed by atoms with Crippen LogP contribution in [0.1, 0.15) is 69.5 Å². The predicted octanol–water partition coefficient (Wildman–Crippen LogP) is 6.84. The van der Waals surface area contributed by atoms with E-state index in [1.807, 2.05) is 26.0 Å². The second-order valence-electron chi connectivity index (χ2n) is 8.48. The molecule has 33 heavy (non-hydrogen) atoms. The van der Waals surface area contributed by atoms with E-state index < -0.39 is 0 Å². The Morgan fingerprint density at radius 1 is 1.36 bits per heavy atom. The summed E-state index contributed by atoms with van der Waals surface area (Å²) in [5.41, 5.74) is 8.25. The number of halogens is 1. The first-order valence-corrected chi connectivity index (χ1v) is 12.1. The number of nitrogens with two attached hydrogens (primary N) is 1. The van der Waals surface area contributed by atoms with Gasteiger partial charge in [0.1, 0.15) is 10.8 Å². The van der Waals surface area contributed by atoms with Crippen LogP contribution in [0.5, 0.6) is 0 Å². The van der Waals surface area contributed by atoms with Crippen LogP contribution in [-0.4, -0.2) is 24.4 Å². The van der Waals surface area contributed by atoms with E-state index in [0.29, 0.717) is 16.4 Å². The van der Waals surface area contributed by atoms with Gasteiger partial charge in [-0.2, -0.15) is 10.2 Å². The van der Waals surface area contributed by atoms with Crippen molar-refractivity contribution in [3.05, 3.63) is 60.1 Å². The van der Waals surface area contributed by atoms with E-state index >= 15 is 0 Å². The zero-order valence-corrected chi connectivity index (χ0v) is 21.4. The Bertz CT molecular complexity index is 823. The largest absolute Gasteiger partial charge is 0.381 e. The Kier molecular flexibility index (Phi) is 13.4. The first-order valence-electron chi connectivity index (χ1n) is 11.7. The molecule has 1 aliphatic carbocycles. The van der Waals surface area contributed by atoms with Crippen LogP contribution < -0.4 is 11.1 Å². The summed E-state index contributed by atoms with van der Waals surface area (Å²) in [5.74, 6) is 1.15. The maximum atomic E-state index is 13.5. The number of aliphatic imine (C=N–C) groups is 1. The first-order chi connectivity index (χ1) is 15.7. The van der Waals surface area contributed by atoms with Crippen molar-refractivity contribution < 1.29 is 4.39 Å². The summed E-state index contributed by atoms with van der Waals surface area (Å²) in [6.07, 6.45) is 8.71. The Morgan fingerprint density at radius 2 is 2.03 bits per heavy atom. The van der Waals surface area contributed by atoms with Gasteiger partial charge in [0.15, 0.2) is 5.84 Å². The highest BCUT2D eigenvalue weighted by atomic mass is 32.1. The van der Waals surface area contributed by atoms with Crippen molar-refractivity contribution in [2.45, 2.75) is 65.3 Å². The van der Waals surface area contributed by atoms with Gasteiger partial charge in [-0.1, -0.05) is 63.7 Å². The molecule has 0 radical (unpaired) electrons. The van der Waals surface area contributed by atoms with Crippen molar-refractivity contribution in [3.63, 3.8) is 0 Å². The van der Waals surface area contributed by atoms with Gasteiger partial charge in [0.05, 0.1) is 6.04 Å². The fraction of sp³-hybridized carbons (Fsp3) is 0.538. The van der Waals surface area contributed by atoms with Crippen molar-refractivity contribution in [2.75, 3.05) is 13.6 Å². The molecule has 5 nitrogen and oxygen atoms in total. The van der Waals surface area contributed by atoms with E-state index in [0.717, 1.165) is 36.6 Å². The zero-order valence-electron chi connectivity index (χ0n) is 20.6. The Hall–Kier alpha value is -2.41. The van der Waals surface area contributed by atoms with Crippen molar-refractivity contribution in [3.8, 4) is 0 Å². The fourth-order valence-electron chi connectivity index (χ4n) is 3.79. The van der Waals surface area contributed by atoms with Crippen molar-refractivity contribution in [1.29, 1.82) is 0 Å². The molecule has 1 fully saturated rings. The van der Waals surface area contributed by atoms with Gasteiger partial charge in [-0.25, -0.2) is 9.38 Å². The molecule has 1 saturated carbocycles. The van der Waals surface area contributed by atoms with Crippen molar-refractivity contribution in [1.82, 2.24) is 5.32 Å². The number of amidine groups is 1. The molecule has 1 aromatic carbocycles. The van der Waals surface area contributed by atoms with Gasteiger partial charge in [-0.05, 0) is 50.2 Å². The van der Waals surface area contributed by atoms with Crippen LogP contribution in [0.25, 0.3) is 0 Å². The molecule has 0 bridgehead atoms. The number of allylic oxidation sites excluding steroid dienone is 2. The molecular formula is C26H40FN5S. The summed E-state index contributed by atoms with van der Waals surface area (Å²) in [6, 6.07) is 4.92. The molecule has 2 rings (SSSR count). The Morgan fingerprint density at radius 3 is 2.58 bits per heavy atom. The lowest BCUT2D eigenvalue weighted by Crippen LogP contribution is -2.37. The number of rotatable bonds is 9. The third kappa shape index (κ3) is 9.95. The van der Waals surface area contributed by atoms with Gasteiger partial charge in [0.25, 0.3) is 0 Å². The van der Waals surface area contributed by atoms with Crippen LogP contribution in [-0.2, 0) is 0 Å². The quantitative estimate of drug-likeness (QED) is 0.135. The number of nitrogens with zero attached hydrogens (tertiary/aromatic N) is 3. The molecule has 2 unspecified atom stereocenters. The van der Waals surface area contributed by atoms with Crippen molar-refractivity contribution in [2.24, 2.45) is 32.8 Å². The number of azo groups is 1. The third-order valence-electron chi connectivity index (χ3n) is 5.86. The number of benzene rings is 1. The van der Waals surface area contributed by atoms with E-state index in [9.17, 15) is 4.39 Å². The number of hydrogen-bond acceptors (Lipinski definition) is 4. The molecule has 1 aliphatic rings. The summed E-state index contributed by atoms with van der Waals surface area (Å²) in [7, 11) is 1.61. The molecular weight excluding hydrogens is 433 g/mol. The SMILES string of the molecule is C=CCC(C)C(=C)N=C(N)C(=S)NCC1CCCC1.CCC(N=NC)c1c(C)cccc1F. The Balaban J connectivity index is 0.000000346. The normalized spacial score (nSPS) is 16.1. The lowest BCUT2D eigenvalue weighted by Gasteiger charge is -2.13. The zero-order chi connectivity index (χ0) is 24.8. The van der Waals surface area contributed by atoms with E-state index in [2.05, 4.69) is 40.6 Å². The summed E-state index contributed by atoms with van der Waals surface area (Å²) < 4.78 is 13.5. The van der Waals surface area contributed by atoms with Gasteiger partial charge >= 0.3 is 0 Å². The summed E-state index contributed by atoms with van der Waals surface area (Å²) in [4.78, 5) is 4.83. The summed E-state index contributed by atoms with van der Waals surface area (Å²) >= 11 is 5.25. The van der Waals surface area contributed by atoms with Gasteiger partial charge < -0.3 is 11.1 Å². The number of thiocarbonyl (C=S) groups is 1. The summed E-state index contributed by atoms with van der Waals surface area (Å²) in [5, 5.41) is 11.0. The van der Waals surface area contributed by atoms with Gasteiger partial charge in [0, 0.05) is 30.8 Å². The van der Waals surface area contributed by atoms with Crippen LogP contribution in [0.3, 0.4) is 0 Å². The highest BCUT2D eigenvalue weighted by Gasteiger charge is 2.16. The van der Waals surface area contributed by atoms with Gasteiger partial charge in [-0.15, -0.1) is 6.58 Å². The minimum atomic E-state index is -0.191. The molecule has 0 spiro atoms. The van der Waals surface area contributed by atoms with Crippen LogP contribution in [0.2, 0.25) is 0 Å². The average Bonchev–Trinajstić information content (AvgIpc) is 3.31. The average molecular weight is 474 g/mol. The summed E-state index contributed by atoms with van der Waals surface area (Å²) in [6.45, 7) is 14.5. The van der Waals surface area contributed by atoms with E-state index in [1.54, 1.807) is 13.1 Å². The van der Waals surface area contributed by atoms with E-state index in [-0.39, 0.29) is 17.8 Å². The maximum Gasteiger partial charge on any atom is 0.158 e. The van der Waals surface area contributed by atoms with Crippen molar-refractivity contribution >= 4 is 23.0 Å². The molecule has 0 heterocycles. The molecule has 182 valence electrons. The minimum absolute atomic E-state index is 0.152. The maximum absolute atomic E-state index is 13.5. The smallest absolute Gasteiger partial charge is 0.158 e. The molecule has 7 heteroatoms. The number of nitrogens with one attached hydrogen (secondary N) is 1. The number of aryl methyl sites for hydroxylation is 1. The molecule has 3 N–H and O–H groups in total. The van der Waals surface area contributed by atoms with Crippen LogP contribution >= 0.6 is 12.2 Å². The standard InChI is InChI=1S/C15H25N3S.C11H15FN2/c1-4-7-11(2)12(3)18-14(16)15(19)17-10-13-8-5-6-9-13;1-4-10(14-13-3)11-8(2)6-5-7-9(11)12/h4,11,13H,1,3,5-10H2,2H3,(H2,16,18)(H,17,19);5-7,10H,4H2,1-3H3. The highest BCUT2D eigenvalue weighted by Crippen LogP contribution is 2.27. The lowest BCUT2D eigenvalue weighted by molar-refractivity contribution is 0.538. The van der Waals surface area contributed by atoms with Gasteiger partial charge in [0.2, 0.25) is 0 Å². The Labute approximate surface area is 204 Å². The molecule has 1 aromatic rings. The second-order valence-corrected chi connectivity index (χ2v) is 8.89. The first kappa shape index (κ1) is 28.6.